The highest BCUT2D eigenvalue weighted by Gasteiger charge is 2.18. The van der Waals surface area contributed by atoms with Crippen LogP contribution < -0.4 is 5.43 Å². The van der Waals surface area contributed by atoms with Crippen LogP contribution in [-0.2, 0) is 12.8 Å². The second-order valence-electron chi connectivity index (χ2n) is 7.33. The molecule has 0 amide bonds. The molecule has 0 atom stereocenters. The molecule has 3 aromatic rings. The van der Waals surface area contributed by atoms with Crippen molar-refractivity contribution in [3.63, 3.8) is 0 Å². The van der Waals surface area contributed by atoms with Gasteiger partial charge in [-0.3, -0.25) is 4.79 Å². The molecule has 0 saturated heterocycles. The van der Waals surface area contributed by atoms with Gasteiger partial charge in [-0.15, -0.1) is 0 Å². The molecule has 1 aromatic heterocycles. The van der Waals surface area contributed by atoms with Crippen LogP contribution in [0.1, 0.15) is 38.8 Å². The minimum atomic E-state index is -0.291. The Morgan fingerprint density at radius 1 is 0.963 bits per heavy atom. The molecule has 0 unspecified atom stereocenters. The predicted molar refractivity (Wildman–Crippen MR) is 110 cm³/mol. The van der Waals surface area contributed by atoms with E-state index in [9.17, 15) is 15.0 Å². The third kappa shape index (κ3) is 3.75. The van der Waals surface area contributed by atoms with Crippen LogP contribution in [0.3, 0.4) is 0 Å². The second-order valence-corrected chi connectivity index (χ2v) is 7.33. The largest absolute Gasteiger partial charge is 0.508 e. The second kappa shape index (κ2) is 7.31. The van der Waals surface area contributed by atoms with Crippen LogP contribution in [0.5, 0.6) is 11.5 Å². The molecular weight excluding hydrogens is 340 g/mol. The van der Waals surface area contributed by atoms with Gasteiger partial charge in [0, 0.05) is 6.07 Å². The van der Waals surface area contributed by atoms with Gasteiger partial charge in [-0.2, -0.15) is 0 Å². The van der Waals surface area contributed by atoms with E-state index in [0.717, 1.165) is 16.7 Å². The van der Waals surface area contributed by atoms with Crippen molar-refractivity contribution < 1.29 is 14.6 Å². The number of allylic oxidation sites excluding steroid dienone is 4. The normalized spacial score (nSPS) is 11.0. The molecule has 0 spiro atoms. The lowest BCUT2D eigenvalue weighted by atomic mass is 9.98. The van der Waals surface area contributed by atoms with Crippen LogP contribution in [0.2, 0.25) is 0 Å². The first kappa shape index (κ1) is 18.8. The van der Waals surface area contributed by atoms with Gasteiger partial charge in [0.2, 0.25) is 5.43 Å². The van der Waals surface area contributed by atoms with Crippen molar-refractivity contribution >= 4 is 21.9 Å². The summed E-state index contributed by atoms with van der Waals surface area (Å²) < 4.78 is 5.97. The van der Waals surface area contributed by atoms with Crippen LogP contribution in [0.15, 0.2) is 56.8 Å². The van der Waals surface area contributed by atoms with Gasteiger partial charge in [0.05, 0.1) is 5.39 Å². The lowest BCUT2D eigenvalue weighted by Gasteiger charge is -2.12. The van der Waals surface area contributed by atoms with E-state index >= 15 is 0 Å². The zero-order chi connectivity index (χ0) is 19.7. The molecule has 0 saturated carbocycles. The van der Waals surface area contributed by atoms with Crippen molar-refractivity contribution in [1.29, 1.82) is 0 Å². The summed E-state index contributed by atoms with van der Waals surface area (Å²) in [7, 11) is 0. The van der Waals surface area contributed by atoms with Gasteiger partial charge in [0.25, 0.3) is 0 Å². The SMILES string of the molecule is CC(C)=CCc1cc(CC=C(C)C)c2oc3cc(O)ccc3c(=O)c2c1O. The summed E-state index contributed by atoms with van der Waals surface area (Å²) in [6.45, 7) is 8.01. The van der Waals surface area contributed by atoms with E-state index in [1.165, 1.54) is 18.2 Å². The van der Waals surface area contributed by atoms with Crippen LogP contribution >= 0.6 is 0 Å². The maximum absolute atomic E-state index is 13.1. The van der Waals surface area contributed by atoms with Gasteiger partial charge >= 0.3 is 0 Å². The first-order valence-electron chi connectivity index (χ1n) is 8.98. The minimum Gasteiger partial charge on any atom is -0.508 e. The van der Waals surface area contributed by atoms with E-state index in [1.54, 1.807) is 0 Å². The summed E-state index contributed by atoms with van der Waals surface area (Å²) in [5, 5.41) is 21.1. The number of hydrogen-bond donors (Lipinski definition) is 2. The molecule has 0 aliphatic carbocycles. The van der Waals surface area contributed by atoms with Crippen LogP contribution in [0, 0.1) is 0 Å². The molecule has 2 aromatic carbocycles. The van der Waals surface area contributed by atoms with Gasteiger partial charge in [0.1, 0.15) is 28.1 Å². The number of aromatic hydroxyl groups is 2. The van der Waals surface area contributed by atoms with E-state index in [1.807, 2.05) is 39.8 Å². The van der Waals surface area contributed by atoms with Crippen molar-refractivity contribution in [2.75, 3.05) is 0 Å². The topological polar surface area (TPSA) is 70.7 Å². The number of hydrogen-bond acceptors (Lipinski definition) is 4. The Morgan fingerprint density at radius 2 is 1.59 bits per heavy atom. The highest BCUT2D eigenvalue weighted by molar-refractivity contribution is 5.95. The Balaban J connectivity index is 2.39. The zero-order valence-electron chi connectivity index (χ0n) is 16.1. The minimum absolute atomic E-state index is 0.0280. The average Bonchev–Trinajstić information content (AvgIpc) is 2.59. The van der Waals surface area contributed by atoms with E-state index in [-0.39, 0.29) is 22.3 Å². The van der Waals surface area contributed by atoms with Gasteiger partial charge in [-0.25, -0.2) is 0 Å². The first-order chi connectivity index (χ1) is 12.8. The highest BCUT2D eigenvalue weighted by Crippen LogP contribution is 2.33. The number of fused-ring (bicyclic) bond motifs is 2. The Labute approximate surface area is 158 Å². The highest BCUT2D eigenvalue weighted by atomic mass is 16.3. The van der Waals surface area contributed by atoms with Crippen LogP contribution in [0.4, 0.5) is 0 Å². The van der Waals surface area contributed by atoms with Crippen LogP contribution in [-0.4, -0.2) is 10.2 Å². The molecule has 140 valence electrons. The molecule has 0 aliphatic heterocycles. The Bertz CT molecular complexity index is 1140. The van der Waals surface area contributed by atoms with E-state index < -0.39 is 0 Å². The number of rotatable bonds is 4. The number of phenols is 2. The number of benzene rings is 2. The molecule has 0 bridgehead atoms. The van der Waals surface area contributed by atoms with Crippen molar-refractivity contribution in [2.45, 2.75) is 40.5 Å². The molecule has 4 nitrogen and oxygen atoms in total. The summed E-state index contributed by atoms with van der Waals surface area (Å²) in [4.78, 5) is 13.1. The molecule has 4 heteroatoms. The smallest absolute Gasteiger partial charge is 0.204 e. The van der Waals surface area contributed by atoms with Crippen LogP contribution in [0.25, 0.3) is 21.9 Å². The Hall–Kier alpha value is -3.01. The summed E-state index contributed by atoms with van der Waals surface area (Å²) in [5.41, 5.74) is 4.22. The summed E-state index contributed by atoms with van der Waals surface area (Å²) in [6, 6.07) is 6.29. The maximum Gasteiger partial charge on any atom is 0.204 e. The van der Waals surface area contributed by atoms with Crippen molar-refractivity contribution in [3.8, 4) is 11.5 Å². The standard InChI is InChI=1S/C23H24O4/c1-13(2)5-7-15-11-16(8-6-14(3)4)23-20(21(15)25)22(26)18-10-9-17(24)12-19(18)27-23/h5-6,9-12,24-25H,7-8H2,1-4H3. The van der Waals surface area contributed by atoms with Crippen molar-refractivity contribution in [3.05, 3.63) is 68.9 Å². The fourth-order valence-corrected chi connectivity index (χ4v) is 3.06. The maximum atomic E-state index is 13.1. The van der Waals surface area contributed by atoms with Crippen molar-refractivity contribution in [2.24, 2.45) is 0 Å². The fourth-order valence-electron chi connectivity index (χ4n) is 3.06. The molecule has 0 aliphatic rings. The van der Waals surface area contributed by atoms with Gasteiger partial charge in [0.15, 0.2) is 0 Å². The molecule has 0 fully saturated rings. The summed E-state index contributed by atoms with van der Waals surface area (Å²) >= 11 is 0. The fraction of sp³-hybridized carbons (Fsp3) is 0.261. The molecular formula is C23H24O4. The quantitative estimate of drug-likeness (QED) is 0.482. The molecule has 2 N–H and O–H groups in total. The Kier molecular flexibility index (Phi) is 5.08. The lowest BCUT2D eigenvalue weighted by Crippen LogP contribution is -2.05. The summed E-state index contributed by atoms with van der Waals surface area (Å²) in [5.74, 6) is -0.00702. The van der Waals surface area contributed by atoms with E-state index in [2.05, 4.69) is 6.08 Å². The zero-order valence-corrected chi connectivity index (χ0v) is 16.1. The molecule has 27 heavy (non-hydrogen) atoms. The van der Waals surface area contributed by atoms with E-state index in [4.69, 9.17) is 4.42 Å². The van der Waals surface area contributed by atoms with E-state index in [0.29, 0.717) is 35.0 Å². The lowest BCUT2D eigenvalue weighted by molar-refractivity contribution is 0.473. The number of phenolic OH excluding ortho intramolecular Hbond substituents is 2. The monoisotopic (exact) mass is 364 g/mol. The van der Waals surface area contributed by atoms with Gasteiger partial charge in [-0.1, -0.05) is 23.3 Å². The third-order valence-electron chi connectivity index (χ3n) is 4.52. The first-order valence-corrected chi connectivity index (χ1v) is 8.98. The third-order valence-corrected chi connectivity index (χ3v) is 4.52. The predicted octanol–water partition coefficient (Wildman–Crippen LogP) is 5.37. The van der Waals surface area contributed by atoms with Gasteiger partial charge < -0.3 is 14.6 Å². The Morgan fingerprint density at radius 3 is 2.22 bits per heavy atom. The molecule has 0 radical (unpaired) electrons. The van der Waals surface area contributed by atoms with Crippen molar-refractivity contribution in [1.82, 2.24) is 0 Å². The molecule has 1 heterocycles. The average molecular weight is 364 g/mol. The van der Waals surface area contributed by atoms with Gasteiger partial charge in [-0.05, 0) is 69.9 Å². The molecule has 3 rings (SSSR count). The summed E-state index contributed by atoms with van der Waals surface area (Å²) in [6.07, 6.45) is 5.21.